The molecule has 2 aliphatic carbocycles. The first kappa shape index (κ1) is 57.0. The highest BCUT2D eigenvalue weighted by Gasteiger charge is 2.39. The molecule has 474 valence electrons. The number of rotatable bonds is 10. The molecule has 21 rings (SSSR count). The monoisotopic (exact) mass is 1290 g/mol. The van der Waals surface area contributed by atoms with Crippen molar-refractivity contribution in [2.75, 3.05) is 4.90 Å². The fourth-order valence-electron chi connectivity index (χ4n) is 16.8. The van der Waals surface area contributed by atoms with Gasteiger partial charge in [-0.3, -0.25) is 0 Å². The number of allylic oxidation sites excluding steroid dienone is 6. The van der Waals surface area contributed by atoms with E-state index in [0.717, 1.165) is 102 Å². The summed E-state index contributed by atoms with van der Waals surface area (Å²) in [6.45, 7) is 0. The Morgan fingerprint density at radius 1 is 0.277 bits per heavy atom. The van der Waals surface area contributed by atoms with Gasteiger partial charge in [0.1, 0.15) is 0 Å². The van der Waals surface area contributed by atoms with Gasteiger partial charge < -0.3 is 23.2 Å². The van der Waals surface area contributed by atoms with Gasteiger partial charge in [-0.25, -0.2) is 15.0 Å². The summed E-state index contributed by atoms with van der Waals surface area (Å²) in [5.41, 5.74) is 24.6. The molecule has 18 aromatic rings. The van der Waals surface area contributed by atoms with Crippen LogP contribution in [0.25, 0.3) is 166 Å². The zero-order chi connectivity index (χ0) is 66.2. The highest BCUT2D eigenvalue weighted by molar-refractivity contribution is 6.16. The maximum Gasteiger partial charge on any atom is 0.164 e. The normalized spacial score (nSPS) is 15.0. The van der Waals surface area contributed by atoms with Gasteiger partial charge in [0.2, 0.25) is 0 Å². The molecule has 0 bridgehead atoms. The Kier molecular flexibility index (Phi) is 12.8. The number of fused-ring (bicyclic) bond motifs is 15. The maximum absolute atomic E-state index is 5.53. The van der Waals surface area contributed by atoms with E-state index in [1.54, 1.807) is 0 Å². The third-order valence-corrected chi connectivity index (χ3v) is 21.4. The summed E-state index contributed by atoms with van der Waals surface area (Å²) in [4.78, 5) is 18.9. The summed E-state index contributed by atoms with van der Waals surface area (Å²) >= 11 is 0. The molecule has 2 unspecified atom stereocenters. The number of aromatic nitrogens is 7. The molecule has 13 aromatic carbocycles. The Balaban J connectivity index is 0.783. The van der Waals surface area contributed by atoms with Crippen LogP contribution in [-0.2, 0) is 0 Å². The van der Waals surface area contributed by atoms with E-state index in [0.29, 0.717) is 17.5 Å². The lowest BCUT2D eigenvalue weighted by atomic mass is 9.91. The van der Waals surface area contributed by atoms with Gasteiger partial charge in [0.25, 0.3) is 0 Å². The SMILES string of the molecule is C1=CCCC(n2c3ccccc3c3cc(-c4ccc5c(c4)c4cc(-c6ccc7c(c6)c6ccccc6n7-c6ccccc6)ccc4n5-c4ccc(-c5nc(-c6ccccc6)nc(-c6cccc(-n7c8ccccc8c8ccccc87)c6)n5)cc4N4c5ccccc5C5C=CC=CC54)ccc32)=C1. The summed E-state index contributed by atoms with van der Waals surface area (Å²) in [5, 5.41) is 9.69. The number of hydrogen-bond acceptors (Lipinski definition) is 4. The third kappa shape index (κ3) is 8.98. The van der Waals surface area contributed by atoms with E-state index in [9.17, 15) is 0 Å². The van der Waals surface area contributed by atoms with E-state index < -0.39 is 0 Å². The molecule has 0 fully saturated rings. The molecule has 2 atom stereocenters. The first-order chi connectivity index (χ1) is 50.1. The van der Waals surface area contributed by atoms with Crippen LogP contribution in [0.5, 0.6) is 0 Å². The van der Waals surface area contributed by atoms with Crippen LogP contribution < -0.4 is 4.90 Å². The van der Waals surface area contributed by atoms with Crippen molar-refractivity contribution < 1.29 is 0 Å². The van der Waals surface area contributed by atoms with Crippen LogP contribution in [0.1, 0.15) is 24.3 Å². The Bertz CT molecular complexity index is 6560. The first-order valence-corrected chi connectivity index (χ1v) is 35.0. The Morgan fingerprint density at radius 2 is 0.713 bits per heavy atom. The zero-order valence-electron chi connectivity index (χ0n) is 55.0. The third-order valence-electron chi connectivity index (χ3n) is 21.4. The maximum atomic E-state index is 5.53. The molecule has 1 aliphatic heterocycles. The minimum absolute atomic E-state index is 0.00966. The molecule has 101 heavy (non-hydrogen) atoms. The van der Waals surface area contributed by atoms with E-state index in [-0.39, 0.29) is 12.0 Å². The second-order valence-electron chi connectivity index (χ2n) is 26.9. The van der Waals surface area contributed by atoms with Crippen LogP contribution in [-0.4, -0.2) is 39.3 Å². The molecule has 0 N–H and O–H groups in total. The topological polar surface area (TPSA) is 61.6 Å². The van der Waals surface area contributed by atoms with Gasteiger partial charge >= 0.3 is 0 Å². The van der Waals surface area contributed by atoms with Crippen molar-refractivity contribution >= 4 is 104 Å². The molecule has 8 heteroatoms. The van der Waals surface area contributed by atoms with E-state index in [1.165, 1.54) is 76.9 Å². The minimum atomic E-state index is -0.00966. The molecule has 6 heterocycles. The standard InChI is InChI=1S/C93H62N8/c1-4-23-59(24-5-1)91-94-92(64-25-22-30-68(53-64)99-79-37-16-10-31-69(79)70-32-11-17-38-80(70)99)96-93(95-91)65-47-52-89(90(58-65)101-83-41-20-12-33-71(83)72-34-13-21-42-84(72)101)100-87-50-45-62(60-43-48-85-75(54-60)73-35-14-18-39-81(73)97(85)66-26-6-2-7-27-66)56-77(87)78-57-63(46-51-88(78)100)61-44-49-86-76(55-61)74-36-15-19-40-82(74)98(86)67-28-8-3-9-29-67/h1-8,10-28,30-58,71,83H,9,29H2. The molecular formula is C93H62N8. The van der Waals surface area contributed by atoms with E-state index >= 15 is 0 Å². The van der Waals surface area contributed by atoms with Gasteiger partial charge in [0, 0.05) is 88.5 Å². The number of hydrogen-bond donors (Lipinski definition) is 0. The average Bonchev–Trinajstić information content (AvgIpc) is 1.58. The zero-order valence-corrected chi connectivity index (χ0v) is 55.0. The van der Waals surface area contributed by atoms with Gasteiger partial charge in [-0.1, -0.05) is 212 Å². The van der Waals surface area contributed by atoms with Crippen molar-refractivity contribution in [3.8, 4) is 73.5 Å². The quantitative estimate of drug-likeness (QED) is 0.137. The summed E-state index contributed by atoms with van der Waals surface area (Å²) in [6, 6.07) is 109. The summed E-state index contributed by atoms with van der Waals surface area (Å²) in [7, 11) is 0. The fraction of sp³-hybridized carbons (Fsp3) is 0.0430. The summed E-state index contributed by atoms with van der Waals surface area (Å²) in [6.07, 6.45) is 17.9. The number of benzene rings is 13. The van der Waals surface area contributed by atoms with Gasteiger partial charge in [-0.2, -0.15) is 0 Å². The lowest BCUT2D eigenvalue weighted by Crippen LogP contribution is -2.29. The number of para-hydroxylation sites is 6. The van der Waals surface area contributed by atoms with Crippen LogP contribution in [0.2, 0.25) is 0 Å². The predicted molar refractivity (Wildman–Crippen MR) is 419 cm³/mol. The lowest BCUT2D eigenvalue weighted by molar-refractivity contribution is 0.743. The average molecular weight is 1290 g/mol. The largest absolute Gasteiger partial charge is 0.332 e. The molecule has 3 aliphatic rings. The lowest BCUT2D eigenvalue weighted by Gasteiger charge is -2.31. The van der Waals surface area contributed by atoms with Crippen molar-refractivity contribution in [1.29, 1.82) is 0 Å². The van der Waals surface area contributed by atoms with Crippen molar-refractivity contribution in [1.82, 2.24) is 33.2 Å². The Hall–Kier alpha value is -13.2. The highest BCUT2D eigenvalue weighted by atomic mass is 15.2. The van der Waals surface area contributed by atoms with E-state index in [1.807, 2.05) is 6.07 Å². The molecule has 0 amide bonds. The number of nitrogens with zero attached hydrogens (tertiary/aromatic N) is 8. The van der Waals surface area contributed by atoms with Gasteiger partial charge in [-0.05, 0) is 168 Å². The number of anilines is 2. The van der Waals surface area contributed by atoms with Gasteiger partial charge in [0.05, 0.1) is 61.6 Å². The van der Waals surface area contributed by atoms with Crippen LogP contribution in [0.4, 0.5) is 11.4 Å². The highest BCUT2D eigenvalue weighted by Crippen LogP contribution is 2.52. The summed E-state index contributed by atoms with van der Waals surface area (Å²) in [5.74, 6) is 1.91. The predicted octanol–water partition coefficient (Wildman–Crippen LogP) is 23.5. The van der Waals surface area contributed by atoms with Crippen molar-refractivity contribution in [3.63, 3.8) is 0 Å². The fourth-order valence-corrected chi connectivity index (χ4v) is 16.8. The van der Waals surface area contributed by atoms with Crippen LogP contribution in [0, 0.1) is 0 Å². The molecule has 0 saturated heterocycles. The Labute approximate surface area is 582 Å². The minimum Gasteiger partial charge on any atom is -0.332 e. The van der Waals surface area contributed by atoms with Crippen molar-refractivity contribution in [3.05, 3.63) is 345 Å². The molecular weight excluding hydrogens is 1230 g/mol. The second-order valence-corrected chi connectivity index (χ2v) is 26.9. The molecule has 0 saturated carbocycles. The molecule has 8 nitrogen and oxygen atoms in total. The van der Waals surface area contributed by atoms with Crippen molar-refractivity contribution in [2.24, 2.45) is 0 Å². The van der Waals surface area contributed by atoms with Gasteiger partial charge in [-0.15, -0.1) is 0 Å². The summed E-state index contributed by atoms with van der Waals surface area (Å²) < 4.78 is 9.74. The van der Waals surface area contributed by atoms with E-state index in [4.69, 9.17) is 15.0 Å². The van der Waals surface area contributed by atoms with Crippen molar-refractivity contribution in [2.45, 2.75) is 24.8 Å². The second kappa shape index (κ2) is 22.7. The van der Waals surface area contributed by atoms with Crippen LogP contribution >= 0.6 is 0 Å². The first-order valence-electron chi connectivity index (χ1n) is 35.0. The van der Waals surface area contributed by atoms with Crippen LogP contribution in [0.15, 0.2) is 340 Å². The van der Waals surface area contributed by atoms with E-state index in [2.05, 4.69) is 357 Å². The smallest absolute Gasteiger partial charge is 0.164 e. The molecule has 0 spiro atoms. The van der Waals surface area contributed by atoms with Gasteiger partial charge in [0.15, 0.2) is 17.5 Å². The van der Waals surface area contributed by atoms with Crippen LogP contribution in [0.3, 0.4) is 0 Å². The Morgan fingerprint density at radius 3 is 1.31 bits per heavy atom. The molecule has 5 aromatic heterocycles. The molecule has 0 radical (unpaired) electrons.